The van der Waals surface area contributed by atoms with Gasteiger partial charge in [-0.15, -0.1) is 0 Å². The molecule has 0 bridgehead atoms. The Bertz CT molecular complexity index is 579. The summed E-state index contributed by atoms with van der Waals surface area (Å²) in [6, 6.07) is 1.79. The van der Waals surface area contributed by atoms with E-state index in [1.54, 1.807) is 55.3 Å². The summed E-state index contributed by atoms with van der Waals surface area (Å²) in [5, 5.41) is 8.97. The molecule has 0 aromatic carbocycles. The monoisotopic (exact) mass is 302 g/mol. The normalized spacial score (nSPS) is 15.6. The molecule has 0 fully saturated rings. The van der Waals surface area contributed by atoms with Crippen LogP contribution < -0.4 is 0 Å². The van der Waals surface area contributed by atoms with E-state index in [0.717, 1.165) is 0 Å². The van der Waals surface area contributed by atoms with E-state index in [4.69, 9.17) is 14.7 Å². The van der Waals surface area contributed by atoms with Gasteiger partial charge in [-0.05, 0) is 38.2 Å². The van der Waals surface area contributed by atoms with Gasteiger partial charge in [-0.2, -0.15) is 5.26 Å². The molecule has 1 heterocycles. The summed E-state index contributed by atoms with van der Waals surface area (Å²) >= 11 is 0. The lowest BCUT2D eigenvalue weighted by Gasteiger charge is -2.22. The van der Waals surface area contributed by atoms with Crippen molar-refractivity contribution in [1.82, 2.24) is 4.90 Å². The number of ether oxygens (including phenoxy) is 2. The number of esters is 2. The highest BCUT2D eigenvalue weighted by molar-refractivity contribution is 5.93. The lowest BCUT2D eigenvalue weighted by molar-refractivity contribution is -0.143. The summed E-state index contributed by atoms with van der Waals surface area (Å²) < 4.78 is 9.68. The molecule has 1 aliphatic rings. The zero-order valence-electron chi connectivity index (χ0n) is 12.6. The third-order valence-corrected chi connectivity index (χ3v) is 2.62. The Kier molecular flexibility index (Phi) is 7.20. The quantitative estimate of drug-likeness (QED) is 0.423. The molecule has 0 aliphatic carbocycles. The van der Waals surface area contributed by atoms with Crippen molar-refractivity contribution in [3.8, 4) is 6.07 Å². The van der Waals surface area contributed by atoms with Crippen molar-refractivity contribution in [3.05, 3.63) is 47.9 Å². The molecule has 0 N–H and O–H groups in total. The standard InChI is InChI=1S/C16H18N2O4/c1-3-21-15(19)12-18-10-6-5-7-14(18)9-8-13(11-17)16(20)22-4-2/h5-10H,3-4,12H2,1-2H3/b13-8+,14-9+. The number of nitrogens with zero attached hydrogens (tertiary/aromatic N) is 2. The van der Waals surface area contributed by atoms with Crippen LogP contribution in [0, 0.1) is 11.3 Å². The summed E-state index contributed by atoms with van der Waals surface area (Å²) in [6.45, 7) is 3.97. The predicted molar refractivity (Wildman–Crippen MR) is 80.0 cm³/mol. The minimum atomic E-state index is -0.672. The average Bonchev–Trinajstić information content (AvgIpc) is 2.50. The van der Waals surface area contributed by atoms with Crippen molar-refractivity contribution in [3.63, 3.8) is 0 Å². The van der Waals surface area contributed by atoms with Crippen molar-refractivity contribution in [1.29, 1.82) is 5.26 Å². The van der Waals surface area contributed by atoms with Crippen LogP contribution in [0.15, 0.2) is 47.9 Å². The molecule has 22 heavy (non-hydrogen) atoms. The molecule has 0 radical (unpaired) electrons. The number of carbonyl (C=O) groups is 2. The van der Waals surface area contributed by atoms with E-state index in [9.17, 15) is 9.59 Å². The van der Waals surface area contributed by atoms with E-state index >= 15 is 0 Å². The van der Waals surface area contributed by atoms with Crippen LogP contribution in [0.5, 0.6) is 0 Å². The number of allylic oxidation sites excluding steroid dienone is 5. The van der Waals surface area contributed by atoms with E-state index in [0.29, 0.717) is 12.3 Å². The zero-order valence-corrected chi connectivity index (χ0v) is 12.6. The van der Waals surface area contributed by atoms with Crippen molar-refractivity contribution >= 4 is 11.9 Å². The smallest absolute Gasteiger partial charge is 0.348 e. The third kappa shape index (κ3) is 5.29. The minimum Gasteiger partial charge on any atom is -0.465 e. The SMILES string of the molecule is CCOC(=O)CN1C=CC=C/C1=C\C=C(/C#N)C(=O)OCC. The lowest BCUT2D eigenvalue weighted by Crippen LogP contribution is -2.26. The Morgan fingerprint density at radius 2 is 2.00 bits per heavy atom. The lowest BCUT2D eigenvalue weighted by atomic mass is 10.2. The Morgan fingerprint density at radius 3 is 2.64 bits per heavy atom. The van der Waals surface area contributed by atoms with Crippen LogP contribution in [-0.2, 0) is 19.1 Å². The van der Waals surface area contributed by atoms with Crippen LogP contribution in [0.4, 0.5) is 0 Å². The maximum absolute atomic E-state index is 11.6. The summed E-state index contributed by atoms with van der Waals surface area (Å²) in [6.07, 6.45) is 9.99. The highest BCUT2D eigenvalue weighted by Crippen LogP contribution is 2.13. The highest BCUT2D eigenvalue weighted by Gasteiger charge is 2.13. The first kappa shape index (κ1) is 17.2. The molecule has 0 aromatic rings. The Labute approximate surface area is 129 Å². The molecule has 0 saturated heterocycles. The van der Waals surface area contributed by atoms with E-state index in [1.165, 1.54) is 6.08 Å². The topological polar surface area (TPSA) is 79.6 Å². The predicted octanol–water partition coefficient (Wildman–Crippen LogP) is 1.83. The maximum atomic E-state index is 11.6. The van der Waals surface area contributed by atoms with Gasteiger partial charge in [0, 0.05) is 11.9 Å². The fraction of sp³-hybridized carbons (Fsp3) is 0.312. The van der Waals surface area contributed by atoms with E-state index in [2.05, 4.69) is 0 Å². The Balaban J connectivity index is 2.88. The first-order chi connectivity index (χ1) is 10.6. The van der Waals surface area contributed by atoms with Gasteiger partial charge in [-0.3, -0.25) is 4.79 Å². The van der Waals surface area contributed by atoms with Gasteiger partial charge in [0.2, 0.25) is 0 Å². The van der Waals surface area contributed by atoms with E-state index < -0.39 is 5.97 Å². The molecule has 6 nitrogen and oxygen atoms in total. The van der Waals surface area contributed by atoms with E-state index in [1.807, 2.05) is 0 Å². The van der Waals surface area contributed by atoms with Crippen molar-refractivity contribution in [2.75, 3.05) is 19.8 Å². The molecule has 0 unspecified atom stereocenters. The van der Waals surface area contributed by atoms with Crippen LogP contribution >= 0.6 is 0 Å². The number of nitriles is 1. The van der Waals surface area contributed by atoms with Crippen LogP contribution in [0.3, 0.4) is 0 Å². The van der Waals surface area contributed by atoms with Gasteiger partial charge < -0.3 is 14.4 Å². The molecule has 0 amide bonds. The van der Waals surface area contributed by atoms with Crippen LogP contribution in [0.1, 0.15) is 13.8 Å². The number of hydrogen-bond donors (Lipinski definition) is 0. The molecule has 0 atom stereocenters. The van der Waals surface area contributed by atoms with Crippen molar-refractivity contribution in [2.45, 2.75) is 13.8 Å². The van der Waals surface area contributed by atoms with Crippen LogP contribution in [0.2, 0.25) is 0 Å². The second-order valence-electron chi connectivity index (χ2n) is 4.14. The first-order valence-electron chi connectivity index (χ1n) is 6.88. The Hall–Kier alpha value is -2.81. The summed E-state index contributed by atoms with van der Waals surface area (Å²) in [7, 11) is 0. The van der Waals surface area contributed by atoms with Gasteiger partial charge in [0.1, 0.15) is 18.2 Å². The van der Waals surface area contributed by atoms with Crippen molar-refractivity contribution < 1.29 is 19.1 Å². The summed E-state index contributed by atoms with van der Waals surface area (Å²) in [5.41, 5.74) is 0.556. The number of carbonyl (C=O) groups excluding carboxylic acids is 2. The van der Waals surface area contributed by atoms with Gasteiger partial charge >= 0.3 is 11.9 Å². The second-order valence-corrected chi connectivity index (χ2v) is 4.14. The molecule has 6 heteroatoms. The molecular formula is C16H18N2O4. The van der Waals surface area contributed by atoms with Crippen LogP contribution in [-0.4, -0.2) is 36.6 Å². The fourth-order valence-corrected chi connectivity index (χ4v) is 1.66. The summed E-state index contributed by atoms with van der Waals surface area (Å²) in [5.74, 6) is -1.03. The second kappa shape index (κ2) is 9.19. The number of hydrogen-bond acceptors (Lipinski definition) is 6. The van der Waals surface area contributed by atoms with Crippen molar-refractivity contribution in [2.24, 2.45) is 0 Å². The molecule has 0 saturated carbocycles. The zero-order chi connectivity index (χ0) is 16.4. The summed E-state index contributed by atoms with van der Waals surface area (Å²) in [4.78, 5) is 24.7. The van der Waals surface area contributed by atoms with Gasteiger partial charge in [0.25, 0.3) is 0 Å². The average molecular weight is 302 g/mol. The number of rotatable bonds is 6. The van der Waals surface area contributed by atoms with E-state index in [-0.39, 0.29) is 24.7 Å². The molecule has 116 valence electrons. The third-order valence-electron chi connectivity index (χ3n) is 2.62. The van der Waals surface area contributed by atoms with Gasteiger partial charge in [-0.1, -0.05) is 6.08 Å². The molecule has 0 spiro atoms. The minimum absolute atomic E-state index is 0.0512. The molecule has 0 aromatic heterocycles. The van der Waals surface area contributed by atoms with Gasteiger partial charge in [0.15, 0.2) is 0 Å². The highest BCUT2D eigenvalue weighted by atomic mass is 16.5. The molecule has 1 rings (SSSR count). The van der Waals surface area contributed by atoms with Gasteiger partial charge in [-0.25, -0.2) is 4.79 Å². The molecule has 1 aliphatic heterocycles. The fourth-order valence-electron chi connectivity index (χ4n) is 1.66. The first-order valence-corrected chi connectivity index (χ1v) is 6.88. The largest absolute Gasteiger partial charge is 0.465 e. The molecular weight excluding hydrogens is 284 g/mol. The van der Waals surface area contributed by atoms with Crippen LogP contribution in [0.25, 0.3) is 0 Å². The maximum Gasteiger partial charge on any atom is 0.348 e. The Morgan fingerprint density at radius 1 is 1.27 bits per heavy atom. The van der Waals surface area contributed by atoms with Gasteiger partial charge in [0.05, 0.1) is 13.2 Å².